The number of alkyl carbamates (subject to hydrolysis) is 1. The van der Waals surface area contributed by atoms with E-state index in [9.17, 15) is 19.5 Å². The number of carbonyl (C=O) groups excluding carboxylic acids is 3. The number of nitrogens with zero attached hydrogens (tertiary/aromatic N) is 2. The lowest BCUT2D eigenvalue weighted by molar-refractivity contribution is -0.150. The first-order chi connectivity index (χ1) is 17.6. The molecule has 0 aliphatic carbocycles. The average molecular weight is 526 g/mol. The van der Waals surface area contributed by atoms with Crippen LogP contribution in [0.4, 0.5) is 4.79 Å². The van der Waals surface area contributed by atoms with E-state index < -0.39 is 34.9 Å². The van der Waals surface area contributed by atoms with Crippen LogP contribution in [-0.2, 0) is 27.3 Å². The largest absolute Gasteiger partial charge is 0.445 e. The molecule has 2 N–H and O–H groups in total. The Morgan fingerprint density at radius 3 is 2.35 bits per heavy atom. The van der Waals surface area contributed by atoms with Gasteiger partial charge in [-0.15, -0.1) is 11.8 Å². The SMILES string of the molecule is C=CCOC(=O)N[C@@H](Cc1ccccc1)[C@H](O)C(=O)N1CSC(C)(C)C1C(=O)N(C)Cc1ccccc1. The van der Waals surface area contributed by atoms with Crippen LogP contribution in [0.25, 0.3) is 0 Å². The Kier molecular flexibility index (Phi) is 9.77. The Labute approximate surface area is 222 Å². The predicted molar refractivity (Wildman–Crippen MR) is 145 cm³/mol. The molecule has 1 aliphatic rings. The lowest BCUT2D eigenvalue weighted by atomic mass is 9.97. The third-order valence-electron chi connectivity index (χ3n) is 6.27. The summed E-state index contributed by atoms with van der Waals surface area (Å²) in [5.74, 6) is -0.580. The van der Waals surface area contributed by atoms with Crippen LogP contribution in [0.3, 0.4) is 0 Å². The first-order valence-corrected chi connectivity index (χ1v) is 13.1. The highest BCUT2D eigenvalue weighted by molar-refractivity contribution is 8.00. The third-order valence-corrected chi connectivity index (χ3v) is 7.64. The van der Waals surface area contributed by atoms with Gasteiger partial charge >= 0.3 is 6.09 Å². The third kappa shape index (κ3) is 7.36. The molecule has 3 rings (SSSR count). The van der Waals surface area contributed by atoms with Crippen LogP contribution in [0.5, 0.6) is 0 Å². The van der Waals surface area contributed by atoms with Crippen LogP contribution in [0.15, 0.2) is 73.3 Å². The fourth-order valence-corrected chi connectivity index (χ4v) is 5.44. The van der Waals surface area contributed by atoms with Gasteiger partial charge in [-0.1, -0.05) is 73.3 Å². The van der Waals surface area contributed by atoms with Gasteiger partial charge in [0, 0.05) is 18.3 Å². The molecule has 0 spiro atoms. The average Bonchev–Trinajstić information content (AvgIpc) is 3.21. The standard InChI is InChI=1S/C28H35N3O5S/c1-5-16-36-27(35)29-22(17-20-12-8-6-9-13-20)23(32)25(33)31-19-37-28(2,3)24(31)26(34)30(4)18-21-14-10-7-11-15-21/h5-15,22-24,32H,1,16-19H2,2-4H3,(H,29,35)/t22-,23-,24?/m0/s1. The van der Waals surface area contributed by atoms with E-state index in [1.807, 2.05) is 74.5 Å². The minimum atomic E-state index is -1.58. The normalized spacial score (nSPS) is 17.9. The number of hydrogen-bond donors (Lipinski definition) is 2. The van der Waals surface area contributed by atoms with Crippen molar-refractivity contribution in [2.24, 2.45) is 0 Å². The summed E-state index contributed by atoms with van der Waals surface area (Å²) in [6, 6.07) is 17.1. The zero-order chi connectivity index (χ0) is 27.0. The van der Waals surface area contributed by atoms with Crippen molar-refractivity contribution in [2.75, 3.05) is 19.5 Å². The number of carbonyl (C=O) groups is 3. The molecule has 0 radical (unpaired) electrons. The lowest BCUT2D eigenvalue weighted by Gasteiger charge is -2.35. The minimum absolute atomic E-state index is 0.00475. The van der Waals surface area contributed by atoms with E-state index >= 15 is 0 Å². The smallest absolute Gasteiger partial charge is 0.407 e. The summed E-state index contributed by atoms with van der Waals surface area (Å²) in [6.07, 6.45) is -0.716. The highest BCUT2D eigenvalue weighted by Crippen LogP contribution is 2.40. The lowest BCUT2D eigenvalue weighted by Crippen LogP contribution is -2.58. The molecule has 0 saturated carbocycles. The van der Waals surface area contributed by atoms with E-state index in [0.717, 1.165) is 11.1 Å². The van der Waals surface area contributed by atoms with E-state index in [4.69, 9.17) is 4.74 Å². The predicted octanol–water partition coefficient (Wildman–Crippen LogP) is 3.21. The van der Waals surface area contributed by atoms with Crippen LogP contribution in [-0.4, -0.2) is 75.3 Å². The van der Waals surface area contributed by atoms with Gasteiger partial charge in [-0.25, -0.2) is 4.79 Å². The monoisotopic (exact) mass is 525 g/mol. The number of aliphatic hydroxyl groups is 1. The quantitative estimate of drug-likeness (QED) is 0.462. The van der Waals surface area contributed by atoms with Crippen molar-refractivity contribution in [3.05, 3.63) is 84.4 Å². The van der Waals surface area contributed by atoms with Gasteiger partial charge in [0.1, 0.15) is 12.6 Å². The first kappa shape index (κ1) is 28.3. The second kappa shape index (κ2) is 12.8. The van der Waals surface area contributed by atoms with Crippen LogP contribution >= 0.6 is 11.8 Å². The molecule has 0 aromatic heterocycles. The zero-order valence-electron chi connectivity index (χ0n) is 21.5. The van der Waals surface area contributed by atoms with E-state index in [2.05, 4.69) is 11.9 Å². The molecule has 1 saturated heterocycles. The van der Waals surface area contributed by atoms with Gasteiger partial charge in [0.2, 0.25) is 5.91 Å². The highest BCUT2D eigenvalue weighted by Gasteiger charge is 2.50. The Bertz CT molecular complexity index is 1080. The Morgan fingerprint density at radius 2 is 1.76 bits per heavy atom. The summed E-state index contributed by atoms with van der Waals surface area (Å²) >= 11 is 1.48. The molecule has 3 amide bonds. The summed E-state index contributed by atoms with van der Waals surface area (Å²) in [6.45, 7) is 7.75. The first-order valence-electron chi connectivity index (χ1n) is 12.1. The molecule has 1 heterocycles. The topological polar surface area (TPSA) is 99.2 Å². The Balaban J connectivity index is 1.80. The number of nitrogens with one attached hydrogen (secondary N) is 1. The Morgan fingerprint density at radius 1 is 1.16 bits per heavy atom. The van der Waals surface area contributed by atoms with Gasteiger partial charge in [0.15, 0.2) is 6.10 Å². The van der Waals surface area contributed by atoms with Gasteiger partial charge < -0.3 is 25.0 Å². The van der Waals surface area contributed by atoms with Crippen molar-refractivity contribution in [1.29, 1.82) is 0 Å². The summed E-state index contributed by atoms with van der Waals surface area (Å²) in [5.41, 5.74) is 1.81. The number of benzene rings is 2. The van der Waals surface area contributed by atoms with Gasteiger partial charge in [-0.05, 0) is 31.4 Å². The number of likely N-dealkylation sites (N-methyl/N-ethyl adjacent to an activating group) is 1. The molecule has 198 valence electrons. The number of amides is 3. The molecular formula is C28H35N3O5S. The van der Waals surface area contributed by atoms with Crippen molar-refractivity contribution in [3.8, 4) is 0 Å². The molecular weight excluding hydrogens is 490 g/mol. The molecule has 1 fully saturated rings. The number of ether oxygens (including phenoxy) is 1. The number of hydrogen-bond acceptors (Lipinski definition) is 6. The van der Waals surface area contributed by atoms with Crippen LogP contribution < -0.4 is 5.32 Å². The zero-order valence-corrected chi connectivity index (χ0v) is 22.3. The van der Waals surface area contributed by atoms with E-state index in [1.54, 1.807) is 11.9 Å². The highest BCUT2D eigenvalue weighted by atomic mass is 32.2. The molecule has 1 unspecified atom stereocenters. The van der Waals surface area contributed by atoms with Crippen molar-refractivity contribution in [2.45, 2.75) is 49.7 Å². The van der Waals surface area contributed by atoms with Crippen LogP contribution in [0, 0.1) is 0 Å². The van der Waals surface area contributed by atoms with E-state index in [0.29, 0.717) is 6.54 Å². The molecule has 2 aromatic rings. The second-order valence-electron chi connectivity index (χ2n) is 9.54. The van der Waals surface area contributed by atoms with Crippen molar-refractivity contribution in [1.82, 2.24) is 15.1 Å². The Hall–Kier alpha value is -3.30. The van der Waals surface area contributed by atoms with Gasteiger partial charge in [0.05, 0.1) is 11.9 Å². The molecule has 8 nitrogen and oxygen atoms in total. The maximum Gasteiger partial charge on any atom is 0.407 e. The van der Waals surface area contributed by atoms with Crippen LogP contribution in [0.1, 0.15) is 25.0 Å². The molecule has 2 aromatic carbocycles. The number of thioether (sulfide) groups is 1. The summed E-state index contributed by atoms with van der Waals surface area (Å²) < 4.78 is 4.46. The fraction of sp³-hybridized carbons (Fsp3) is 0.393. The molecule has 3 atom stereocenters. The molecule has 9 heteroatoms. The molecule has 37 heavy (non-hydrogen) atoms. The van der Waals surface area contributed by atoms with E-state index in [-0.39, 0.29) is 24.8 Å². The maximum absolute atomic E-state index is 13.6. The van der Waals surface area contributed by atoms with Crippen molar-refractivity contribution >= 4 is 29.7 Å². The van der Waals surface area contributed by atoms with E-state index in [1.165, 1.54) is 22.7 Å². The fourth-order valence-electron chi connectivity index (χ4n) is 4.31. The summed E-state index contributed by atoms with van der Waals surface area (Å²) in [5, 5.41) is 13.8. The number of aliphatic hydroxyl groups excluding tert-OH is 1. The van der Waals surface area contributed by atoms with Gasteiger partial charge in [0.25, 0.3) is 5.91 Å². The molecule has 0 bridgehead atoms. The second-order valence-corrected chi connectivity index (χ2v) is 11.1. The molecule has 1 aliphatic heterocycles. The van der Waals surface area contributed by atoms with Crippen molar-refractivity contribution < 1.29 is 24.2 Å². The summed E-state index contributed by atoms with van der Waals surface area (Å²) in [7, 11) is 1.71. The maximum atomic E-state index is 13.6. The number of rotatable bonds is 10. The van der Waals surface area contributed by atoms with Gasteiger partial charge in [-0.3, -0.25) is 9.59 Å². The van der Waals surface area contributed by atoms with Crippen molar-refractivity contribution in [3.63, 3.8) is 0 Å². The van der Waals surface area contributed by atoms with Gasteiger partial charge in [-0.2, -0.15) is 0 Å². The minimum Gasteiger partial charge on any atom is -0.445 e. The summed E-state index contributed by atoms with van der Waals surface area (Å²) in [4.78, 5) is 42.6. The van der Waals surface area contributed by atoms with Crippen LogP contribution in [0.2, 0.25) is 0 Å².